The van der Waals surface area contributed by atoms with Gasteiger partial charge in [0.1, 0.15) is 11.4 Å². The third kappa shape index (κ3) is 2.87. The molecule has 0 N–H and O–H groups in total. The van der Waals surface area contributed by atoms with Crippen molar-refractivity contribution in [2.45, 2.75) is 5.54 Å². The van der Waals surface area contributed by atoms with Crippen molar-refractivity contribution >= 4 is 26.8 Å². The summed E-state index contributed by atoms with van der Waals surface area (Å²) >= 11 is 3.35. The van der Waals surface area contributed by atoms with Gasteiger partial charge in [-0.25, -0.2) is 9.07 Å². The molecule has 2 nitrogen and oxygen atoms in total. The minimum Gasteiger partial charge on any atom is -0.245 e. The Bertz CT molecular complexity index is 1200. The first-order valence-corrected chi connectivity index (χ1v) is 10.5. The van der Waals surface area contributed by atoms with E-state index in [0.717, 1.165) is 27.6 Å². The van der Waals surface area contributed by atoms with E-state index < -0.39 is 5.54 Å². The van der Waals surface area contributed by atoms with Crippen LogP contribution in [-0.4, -0.2) is 9.78 Å². The lowest BCUT2D eigenvalue weighted by Crippen LogP contribution is -2.38. The molecule has 1 aromatic heterocycles. The molecule has 0 radical (unpaired) electrons. The van der Waals surface area contributed by atoms with Crippen molar-refractivity contribution in [2.24, 2.45) is 0 Å². The molecule has 30 heavy (non-hydrogen) atoms. The van der Waals surface area contributed by atoms with E-state index in [1.165, 1.54) is 6.07 Å². The molecule has 146 valence electrons. The van der Waals surface area contributed by atoms with E-state index in [4.69, 9.17) is 5.10 Å². The standard InChI is InChI=1S/C26H18BrFN2/c27-23-17-25-19(16-24(23)28)18-29-30(25)26(20-10-4-1-5-11-20,21-12-6-2-7-13-21)22-14-8-3-9-15-22/h1-18H. The van der Waals surface area contributed by atoms with Crippen LogP contribution in [0.5, 0.6) is 0 Å². The molecule has 0 aliphatic carbocycles. The monoisotopic (exact) mass is 456 g/mol. The van der Waals surface area contributed by atoms with E-state index in [-0.39, 0.29) is 5.82 Å². The van der Waals surface area contributed by atoms with Gasteiger partial charge < -0.3 is 0 Å². The van der Waals surface area contributed by atoms with Crippen LogP contribution in [0.4, 0.5) is 4.39 Å². The lowest BCUT2D eigenvalue weighted by atomic mass is 9.77. The maximum Gasteiger partial charge on any atom is 0.138 e. The number of fused-ring (bicyclic) bond motifs is 1. The van der Waals surface area contributed by atoms with Gasteiger partial charge in [0.05, 0.1) is 16.2 Å². The summed E-state index contributed by atoms with van der Waals surface area (Å²) in [5.74, 6) is -0.299. The number of hydrogen-bond acceptors (Lipinski definition) is 1. The molecule has 0 saturated carbocycles. The second-order valence-electron chi connectivity index (χ2n) is 7.19. The van der Waals surface area contributed by atoms with Gasteiger partial charge in [0.15, 0.2) is 0 Å². The summed E-state index contributed by atoms with van der Waals surface area (Å²) < 4.78 is 16.7. The van der Waals surface area contributed by atoms with E-state index >= 15 is 0 Å². The number of rotatable bonds is 4. The van der Waals surface area contributed by atoms with Crippen molar-refractivity contribution in [1.29, 1.82) is 0 Å². The third-order valence-electron chi connectivity index (χ3n) is 5.50. The number of hydrogen-bond donors (Lipinski definition) is 0. The Kier molecular flexibility index (Phi) is 4.72. The highest BCUT2D eigenvalue weighted by Crippen LogP contribution is 2.42. The molecule has 4 heteroatoms. The Hall–Kier alpha value is -3.24. The maximum atomic E-state index is 14.2. The number of nitrogens with zero attached hydrogens (tertiary/aromatic N) is 2. The number of aromatic nitrogens is 2. The average molecular weight is 457 g/mol. The summed E-state index contributed by atoms with van der Waals surface area (Å²) in [5.41, 5.74) is 3.36. The normalized spacial score (nSPS) is 11.7. The largest absolute Gasteiger partial charge is 0.245 e. The van der Waals surface area contributed by atoms with Gasteiger partial charge in [-0.3, -0.25) is 0 Å². The molecule has 5 rings (SSSR count). The topological polar surface area (TPSA) is 17.8 Å². The summed E-state index contributed by atoms with van der Waals surface area (Å²) in [6, 6.07) is 34.3. The summed E-state index contributed by atoms with van der Waals surface area (Å²) in [6.07, 6.45) is 1.73. The highest BCUT2D eigenvalue weighted by molar-refractivity contribution is 9.10. The minimum absolute atomic E-state index is 0.299. The molecule has 0 bridgehead atoms. The summed E-state index contributed by atoms with van der Waals surface area (Å²) in [6.45, 7) is 0. The molecule has 0 spiro atoms. The van der Waals surface area contributed by atoms with Gasteiger partial charge in [-0.05, 0) is 44.8 Å². The molecule has 0 aliphatic rings. The van der Waals surface area contributed by atoms with Gasteiger partial charge >= 0.3 is 0 Å². The predicted molar refractivity (Wildman–Crippen MR) is 122 cm³/mol. The van der Waals surface area contributed by atoms with E-state index in [1.807, 2.05) is 59.3 Å². The lowest BCUT2D eigenvalue weighted by Gasteiger charge is -2.37. The SMILES string of the molecule is Fc1cc2cnn(C(c3ccccc3)(c3ccccc3)c3ccccc3)c2cc1Br. The zero-order valence-electron chi connectivity index (χ0n) is 16.0. The Labute approximate surface area is 182 Å². The minimum atomic E-state index is -0.719. The second kappa shape index (κ2) is 7.54. The van der Waals surface area contributed by atoms with Crippen LogP contribution in [-0.2, 0) is 5.54 Å². The van der Waals surface area contributed by atoms with E-state index in [0.29, 0.717) is 4.47 Å². The van der Waals surface area contributed by atoms with Gasteiger partial charge in [-0.2, -0.15) is 5.10 Å². The van der Waals surface area contributed by atoms with E-state index in [9.17, 15) is 4.39 Å². The van der Waals surface area contributed by atoms with Crippen LogP contribution in [0.3, 0.4) is 0 Å². The van der Waals surface area contributed by atoms with Crippen LogP contribution in [0.25, 0.3) is 10.9 Å². The van der Waals surface area contributed by atoms with Crippen molar-refractivity contribution in [3.63, 3.8) is 0 Å². The first-order valence-electron chi connectivity index (χ1n) is 9.71. The number of halogens is 2. The van der Waals surface area contributed by atoms with Crippen LogP contribution in [0.15, 0.2) is 114 Å². The molecule has 0 amide bonds. The fourth-order valence-corrected chi connectivity index (χ4v) is 4.52. The van der Waals surface area contributed by atoms with Crippen molar-refractivity contribution < 1.29 is 4.39 Å². The molecular weight excluding hydrogens is 439 g/mol. The Morgan fingerprint density at radius 2 is 1.17 bits per heavy atom. The third-order valence-corrected chi connectivity index (χ3v) is 6.11. The van der Waals surface area contributed by atoms with Crippen LogP contribution in [0.2, 0.25) is 0 Å². The van der Waals surface area contributed by atoms with Crippen molar-refractivity contribution in [1.82, 2.24) is 9.78 Å². The van der Waals surface area contributed by atoms with Crippen molar-refractivity contribution in [3.8, 4) is 0 Å². The van der Waals surface area contributed by atoms with Gasteiger partial charge in [0.25, 0.3) is 0 Å². The molecule has 0 saturated heterocycles. The van der Waals surface area contributed by atoms with E-state index in [2.05, 4.69) is 52.3 Å². The Morgan fingerprint density at radius 3 is 1.63 bits per heavy atom. The first-order chi connectivity index (χ1) is 14.7. The molecule has 0 aliphatic heterocycles. The van der Waals surface area contributed by atoms with Crippen molar-refractivity contribution in [3.05, 3.63) is 136 Å². The molecule has 5 aromatic rings. The average Bonchev–Trinajstić information content (AvgIpc) is 3.20. The zero-order chi connectivity index (χ0) is 20.6. The van der Waals surface area contributed by atoms with Crippen LogP contribution >= 0.6 is 15.9 Å². The summed E-state index contributed by atoms with van der Waals surface area (Å²) in [4.78, 5) is 0. The van der Waals surface area contributed by atoms with Gasteiger partial charge in [0, 0.05) is 5.39 Å². The highest BCUT2D eigenvalue weighted by atomic mass is 79.9. The Balaban J connectivity index is 1.96. The molecule has 4 aromatic carbocycles. The number of benzene rings is 4. The predicted octanol–water partition coefficient (Wildman–Crippen LogP) is 6.78. The zero-order valence-corrected chi connectivity index (χ0v) is 17.6. The quantitative estimate of drug-likeness (QED) is 0.272. The molecule has 0 unspecified atom stereocenters. The summed E-state index contributed by atoms with van der Waals surface area (Å²) in [7, 11) is 0. The fourth-order valence-electron chi connectivity index (χ4n) is 4.19. The van der Waals surface area contributed by atoms with Gasteiger partial charge in [0.2, 0.25) is 0 Å². The van der Waals surface area contributed by atoms with Crippen molar-refractivity contribution in [2.75, 3.05) is 0 Å². The second-order valence-corrected chi connectivity index (χ2v) is 8.04. The fraction of sp³-hybridized carbons (Fsp3) is 0.0385. The molecule has 1 heterocycles. The smallest absolute Gasteiger partial charge is 0.138 e. The summed E-state index contributed by atoms with van der Waals surface area (Å²) in [5, 5.41) is 5.56. The van der Waals surface area contributed by atoms with Gasteiger partial charge in [-0.1, -0.05) is 91.0 Å². The lowest BCUT2D eigenvalue weighted by molar-refractivity contribution is 0.475. The first kappa shape index (κ1) is 18.8. The molecular formula is C26H18BrFN2. The molecule has 0 atom stereocenters. The van der Waals surface area contributed by atoms with Gasteiger partial charge in [-0.15, -0.1) is 0 Å². The molecule has 0 fully saturated rings. The Morgan fingerprint density at radius 1 is 0.700 bits per heavy atom. The van der Waals surface area contributed by atoms with E-state index in [1.54, 1.807) is 12.3 Å². The highest BCUT2D eigenvalue weighted by Gasteiger charge is 2.40. The van der Waals surface area contributed by atoms with Crippen LogP contribution < -0.4 is 0 Å². The maximum absolute atomic E-state index is 14.2. The van der Waals surface area contributed by atoms with Crippen LogP contribution in [0, 0.1) is 5.82 Å². The van der Waals surface area contributed by atoms with Crippen LogP contribution in [0.1, 0.15) is 16.7 Å².